The van der Waals surface area contributed by atoms with E-state index in [1.807, 2.05) is 28.9 Å². The number of rotatable bonds is 4. The first-order chi connectivity index (χ1) is 14.1. The Hall–Kier alpha value is -3.00. The minimum Gasteiger partial charge on any atom is -0.345 e. The predicted octanol–water partition coefficient (Wildman–Crippen LogP) is 3.84. The maximum Gasteiger partial charge on any atom is 0.272 e. The van der Waals surface area contributed by atoms with Crippen molar-refractivity contribution in [2.24, 2.45) is 0 Å². The second kappa shape index (κ2) is 7.11. The average Bonchev–Trinajstić information content (AvgIpc) is 3.41. The van der Waals surface area contributed by atoms with Gasteiger partial charge in [-0.15, -0.1) is 0 Å². The summed E-state index contributed by atoms with van der Waals surface area (Å²) in [5.74, 6) is -0.516. The standard InChI is InChI=1S/C21H17BrFN5O/c22-13-4-9-19-25-15(12-27(19)11-13)10-24-21(29)20-17-2-1-3-18(17)28(26-20)16-7-5-14(23)6-8-16/h4-9,11-12H,1-3,10H2,(H,24,29). The normalized spacial score (nSPS) is 13.0. The molecule has 4 aromatic rings. The van der Waals surface area contributed by atoms with Crippen molar-refractivity contribution in [1.29, 1.82) is 0 Å². The van der Waals surface area contributed by atoms with Crippen LogP contribution in [0.1, 0.15) is 33.9 Å². The van der Waals surface area contributed by atoms with Crippen molar-refractivity contribution in [2.75, 3.05) is 0 Å². The van der Waals surface area contributed by atoms with Gasteiger partial charge in [0, 0.05) is 28.1 Å². The summed E-state index contributed by atoms with van der Waals surface area (Å²) >= 11 is 3.44. The van der Waals surface area contributed by atoms with Gasteiger partial charge in [-0.2, -0.15) is 5.10 Å². The van der Waals surface area contributed by atoms with E-state index in [4.69, 9.17) is 0 Å². The first-order valence-electron chi connectivity index (χ1n) is 9.36. The summed E-state index contributed by atoms with van der Waals surface area (Å²) in [5.41, 5.74) is 4.79. The quantitative estimate of drug-likeness (QED) is 0.510. The average molecular weight is 454 g/mol. The Kier molecular flexibility index (Phi) is 4.43. The molecule has 1 amide bonds. The van der Waals surface area contributed by atoms with Crippen LogP contribution in [0.15, 0.2) is 53.3 Å². The Labute approximate surface area is 174 Å². The molecular weight excluding hydrogens is 437 g/mol. The van der Waals surface area contributed by atoms with Gasteiger partial charge in [-0.05, 0) is 71.6 Å². The number of aromatic nitrogens is 4. The second-order valence-corrected chi connectivity index (χ2v) is 7.96. The summed E-state index contributed by atoms with van der Waals surface area (Å²) in [7, 11) is 0. The molecule has 3 heterocycles. The lowest BCUT2D eigenvalue weighted by atomic mass is 10.2. The van der Waals surface area contributed by atoms with Gasteiger partial charge in [0.2, 0.25) is 0 Å². The molecule has 0 spiro atoms. The molecule has 29 heavy (non-hydrogen) atoms. The molecule has 3 aromatic heterocycles. The van der Waals surface area contributed by atoms with Gasteiger partial charge in [-0.3, -0.25) is 4.79 Å². The molecule has 0 fully saturated rings. The first kappa shape index (κ1) is 18.1. The number of benzene rings is 1. The zero-order chi connectivity index (χ0) is 20.0. The van der Waals surface area contributed by atoms with Crippen LogP contribution in [-0.4, -0.2) is 25.1 Å². The summed E-state index contributed by atoms with van der Waals surface area (Å²) < 4.78 is 17.9. The van der Waals surface area contributed by atoms with E-state index in [9.17, 15) is 9.18 Å². The molecule has 146 valence electrons. The molecule has 0 saturated carbocycles. The lowest BCUT2D eigenvalue weighted by Crippen LogP contribution is -2.24. The first-order valence-corrected chi connectivity index (χ1v) is 10.2. The number of pyridine rings is 1. The van der Waals surface area contributed by atoms with E-state index in [2.05, 4.69) is 31.3 Å². The Morgan fingerprint density at radius 3 is 2.79 bits per heavy atom. The van der Waals surface area contributed by atoms with Crippen molar-refractivity contribution in [1.82, 2.24) is 24.5 Å². The minimum atomic E-state index is -0.296. The molecule has 0 radical (unpaired) electrons. The molecule has 0 saturated heterocycles. The molecule has 1 aliphatic rings. The SMILES string of the molecule is O=C(NCc1cn2cc(Br)ccc2n1)c1nn(-c2ccc(F)cc2)c2c1CCC2. The summed E-state index contributed by atoms with van der Waals surface area (Å²) in [6, 6.07) is 10.00. The summed E-state index contributed by atoms with van der Waals surface area (Å²) in [5, 5.41) is 7.48. The van der Waals surface area contributed by atoms with Crippen molar-refractivity contribution in [2.45, 2.75) is 25.8 Å². The van der Waals surface area contributed by atoms with Crippen molar-refractivity contribution >= 4 is 27.5 Å². The van der Waals surface area contributed by atoms with Crippen molar-refractivity contribution in [3.8, 4) is 5.69 Å². The molecule has 5 rings (SSSR count). The molecule has 0 bridgehead atoms. The number of hydrogen-bond donors (Lipinski definition) is 1. The number of amides is 1. The number of nitrogens with zero attached hydrogens (tertiary/aromatic N) is 4. The summed E-state index contributed by atoms with van der Waals surface area (Å²) in [4.78, 5) is 17.4. The lowest BCUT2D eigenvalue weighted by Gasteiger charge is -2.05. The fraction of sp³-hybridized carbons (Fsp3) is 0.190. The molecule has 0 atom stereocenters. The van der Waals surface area contributed by atoms with Gasteiger partial charge in [0.25, 0.3) is 5.91 Å². The number of hydrogen-bond acceptors (Lipinski definition) is 3. The van der Waals surface area contributed by atoms with E-state index in [1.165, 1.54) is 12.1 Å². The van der Waals surface area contributed by atoms with Crippen LogP contribution in [0.2, 0.25) is 0 Å². The Morgan fingerprint density at radius 2 is 1.97 bits per heavy atom. The third kappa shape index (κ3) is 3.33. The largest absolute Gasteiger partial charge is 0.345 e. The monoisotopic (exact) mass is 453 g/mol. The molecule has 1 aliphatic carbocycles. The Balaban J connectivity index is 1.39. The van der Waals surface area contributed by atoms with Crippen LogP contribution < -0.4 is 5.32 Å². The van der Waals surface area contributed by atoms with E-state index in [0.29, 0.717) is 12.2 Å². The summed E-state index contributed by atoms with van der Waals surface area (Å²) in [6.45, 7) is 0.316. The molecule has 0 aliphatic heterocycles. The highest BCUT2D eigenvalue weighted by atomic mass is 79.9. The topological polar surface area (TPSA) is 64.2 Å². The number of imidazole rings is 1. The van der Waals surface area contributed by atoms with Gasteiger partial charge in [0.1, 0.15) is 11.5 Å². The number of nitrogens with one attached hydrogen (secondary N) is 1. The molecular formula is C21H17BrFN5O. The van der Waals surface area contributed by atoms with Crippen LogP contribution in [-0.2, 0) is 19.4 Å². The highest BCUT2D eigenvalue weighted by Gasteiger charge is 2.27. The van der Waals surface area contributed by atoms with Crippen LogP contribution in [0.4, 0.5) is 4.39 Å². The lowest BCUT2D eigenvalue weighted by molar-refractivity contribution is 0.0944. The second-order valence-electron chi connectivity index (χ2n) is 7.04. The highest BCUT2D eigenvalue weighted by molar-refractivity contribution is 9.10. The Morgan fingerprint density at radius 1 is 1.14 bits per heavy atom. The van der Waals surface area contributed by atoms with Crippen molar-refractivity contribution in [3.63, 3.8) is 0 Å². The molecule has 1 aromatic carbocycles. The molecule has 8 heteroatoms. The van der Waals surface area contributed by atoms with E-state index >= 15 is 0 Å². The van der Waals surface area contributed by atoms with Gasteiger partial charge < -0.3 is 9.72 Å². The van der Waals surface area contributed by atoms with Crippen LogP contribution in [0.5, 0.6) is 0 Å². The number of carbonyl (C=O) groups is 1. The molecule has 0 unspecified atom stereocenters. The Bertz CT molecular complexity index is 1230. The predicted molar refractivity (Wildman–Crippen MR) is 110 cm³/mol. The third-order valence-corrected chi connectivity index (χ3v) is 5.58. The van der Waals surface area contributed by atoms with Gasteiger partial charge in [0.15, 0.2) is 5.69 Å². The van der Waals surface area contributed by atoms with Crippen LogP contribution >= 0.6 is 15.9 Å². The smallest absolute Gasteiger partial charge is 0.272 e. The van der Waals surface area contributed by atoms with Gasteiger partial charge in [0.05, 0.1) is 17.9 Å². The number of halogens is 2. The third-order valence-electron chi connectivity index (χ3n) is 5.11. The van der Waals surface area contributed by atoms with Gasteiger partial charge in [-0.1, -0.05) is 0 Å². The van der Waals surface area contributed by atoms with Gasteiger partial charge >= 0.3 is 0 Å². The molecule has 6 nitrogen and oxygen atoms in total. The van der Waals surface area contributed by atoms with E-state index in [1.54, 1.807) is 16.8 Å². The van der Waals surface area contributed by atoms with Crippen LogP contribution in [0.3, 0.4) is 0 Å². The summed E-state index contributed by atoms with van der Waals surface area (Å²) in [6.07, 6.45) is 6.47. The van der Waals surface area contributed by atoms with Gasteiger partial charge in [-0.25, -0.2) is 14.1 Å². The van der Waals surface area contributed by atoms with E-state index in [-0.39, 0.29) is 11.7 Å². The maximum absolute atomic E-state index is 13.3. The van der Waals surface area contributed by atoms with Crippen LogP contribution in [0, 0.1) is 5.82 Å². The van der Waals surface area contributed by atoms with Crippen molar-refractivity contribution in [3.05, 3.63) is 81.7 Å². The van der Waals surface area contributed by atoms with Crippen molar-refractivity contribution < 1.29 is 9.18 Å². The van der Waals surface area contributed by atoms with Crippen LogP contribution in [0.25, 0.3) is 11.3 Å². The molecule has 1 N–H and O–H groups in total. The fourth-order valence-corrected chi connectivity index (χ4v) is 4.13. The number of carbonyl (C=O) groups excluding carboxylic acids is 1. The maximum atomic E-state index is 13.3. The highest BCUT2D eigenvalue weighted by Crippen LogP contribution is 2.28. The van der Waals surface area contributed by atoms with E-state index in [0.717, 1.165) is 52.0 Å². The number of fused-ring (bicyclic) bond motifs is 2. The van der Waals surface area contributed by atoms with E-state index < -0.39 is 0 Å². The fourth-order valence-electron chi connectivity index (χ4n) is 3.77. The zero-order valence-corrected chi connectivity index (χ0v) is 17.0. The minimum absolute atomic E-state index is 0.220. The zero-order valence-electron chi connectivity index (χ0n) is 15.4.